The van der Waals surface area contributed by atoms with Crippen LogP contribution in [0.15, 0.2) is 46.9 Å². The van der Waals surface area contributed by atoms with Crippen LogP contribution >= 0.6 is 27.3 Å². The minimum atomic E-state index is 0.790. The van der Waals surface area contributed by atoms with E-state index in [4.69, 9.17) is 4.74 Å². The highest BCUT2D eigenvalue weighted by atomic mass is 79.9. The van der Waals surface area contributed by atoms with E-state index in [-0.39, 0.29) is 0 Å². The molecule has 0 aliphatic rings. The quantitative estimate of drug-likeness (QED) is 0.262. The smallest absolute Gasteiger partial charge is 0.120 e. The van der Waals surface area contributed by atoms with Gasteiger partial charge in [-0.25, -0.2) is 0 Å². The van der Waals surface area contributed by atoms with Crippen molar-refractivity contribution in [2.24, 2.45) is 0 Å². The third-order valence-electron chi connectivity index (χ3n) is 5.32. The van der Waals surface area contributed by atoms with Crippen LogP contribution in [0.25, 0.3) is 21.2 Å². The molecule has 3 aromatic rings. The van der Waals surface area contributed by atoms with Crippen molar-refractivity contribution in [1.29, 1.82) is 0 Å². The van der Waals surface area contributed by atoms with Crippen molar-refractivity contribution >= 4 is 37.4 Å². The van der Waals surface area contributed by atoms with Crippen LogP contribution in [0.1, 0.15) is 43.9 Å². The van der Waals surface area contributed by atoms with E-state index in [0.717, 1.165) is 29.8 Å². The molecule has 0 saturated carbocycles. The Kier molecular flexibility index (Phi) is 8.58. The van der Waals surface area contributed by atoms with Gasteiger partial charge in [0.1, 0.15) is 5.75 Å². The highest BCUT2D eigenvalue weighted by Gasteiger charge is 2.12. The summed E-state index contributed by atoms with van der Waals surface area (Å²) in [5, 5.41) is 1.32. The first kappa shape index (κ1) is 22.3. The Labute approximate surface area is 188 Å². The van der Waals surface area contributed by atoms with Gasteiger partial charge in [-0.05, 0) is 82.2 Å². The second kappa shape index (κ2) is 11.1. The van der Waals surface area contributed by atoms with Crippen molar-refractivity contribution < 1.29 is 4.74 Å². The van der Waals surface area contributed by atoms with Crippen LogP contribution in [0.4, 0.5) is 0 Å². The molecule has 156 valence electrons. The lowest BCUT2D eigenvalue weighted by Crippen LogP contribution is -2.21. The van der Waals surface area contributed by atoms with Crippen molar-refractivity contribution in [2.75, 3.05) is 26.7 Å². The molecule has 1 aromatic heterocycles. The number of halogens is 1. The zero-order chi connectivity index (χ0) is 20.6. The van der Waals surface area contributed by atoms with Crippen LogP contribution in [0.2, 0.25) is 0 Å². The molecule has 2 aromatic carbocycles. The van der Waals surface area contributed by atoms with E-state index in [1.54, 1.807) is 0 Å². The molecule has 1 heterocycles. The van der Waals surface area contributed by atoms with Crippen LogP contribution in [-0.4, -0.2) is 31.6 Å². The minimum Gasteiger partial charge on any atom is -0.494 e. The second-order valence-electron chi connectivity index (χ2n) is 7.76. The molecule has 0 saturated heterocycles. The van der Waals surface area contributed by atoms with Gasteiger partial charge in [0.05, 0.1) is 6.61 Å². The van der Waals surface area contributed by atoms with E-state index in [1.807, 2.05) is 11.3 Å². The first-order valence-corrected chi connectivity index (χ1v) is 12.3. The van der Waals surface area contributed by atoms with Crippen LogP contribution in [0.5, 0.6) is 5.75 Å². The Morgan fingerprint density at radius 3 is 2.41 bits per heavy atom. The normalized spacial score (nSPS) is 11.5. The highest BCUT2D eigenvalue weighted by Crippen LogP contribution is 2.40. The van der Waals surface area contributed by atoms with Crippen LogP contribution in [0.3, 0.4) is 0 Å². The molecule has 0 spiro atoms. The fourth-order valence-corrected chi connectivity index (χ4v) is 5.06. The van der Waals surface area contributed by atoms with Gasteiger partial charge in [0.25, 0.3) is 0 Å². The molecule has 0 aliphatic carbocycles. The van der Waals surface area contributed by atoms with Crippen molar-refractivity contribution in [1.82, 2.24) is 4.90 Å². The summed E-state index contributed by atoms with van der Waals surface area (Å²) in [6, 6.07) is 15.1. The highest BCUT2D eigenvalue weighted by molar-refractivity contribution is 9.10. The summed E-state index contributed by atoms with van der Waals surface area (Å²) in [7, 11) is 2.23. The van der Waals surface area contributed by atoms with Crippen LogP contribution < -0.4 is 4.74 Å². The van der Waals surface area contributed by atoms with Gasteiger partial charge in [0, 0.05) is 25.0 Å². The van der Waals surface area contributed by atoms with Crippen molar-refractivity contribution in [3.63, 3.8) is 0 Å². The van der Waals surface area contributed by atoms with E-state index < -0.39 is 0 Å². The van der Waals surface area contributed by atoms with Gasteiger partial charge in [-0.15, -0.1) is 11.3 Å². The Bertz CT molecular complexity index is 903. The molecule has 0 amide bonds. The predicted molar refractivity (Wildman–Crippen MR) is 131 cm³/mol. The molecule has 0 aliphatic heterocycles. The Morgan fingerprint density at radius 2 is 1.69 bits per heavy atom. The van der Waals surface area contributed by atoms with Gasteiger partial charge >= 0.3 is 0 Å². The molecule has 0 fully saturated rings. The van der Waals surface area contributed by atoms with Crippen molar-refractivity contribution in [2.45, 2.75) is 46.0 Å². The van der Waals surface area contributed by atoms with E-state index >= 15 is 0 Å². The van der Waals surface area contributed by atoms with Crippen LogP contribution in [0, 0.1) is 6.92 Å². The Balaban J connectivity index is 1.54. The fraction of sp³-hybridized carbons (Fsp3) is 0.440. The molecule has 2 nitrogen and oxygen atoms in total. The number of thiophene rings is 1. The summed E-state index contributed by atoms with van der Waals surface area (Å²) < 4.78 is 8.46. The lowest BCUT2D eigenvalue weighted by atomic mass is 10.0. The Hall–Kier alpha value is -1.36. The third-order valence-corrected chi connectivity index (χ3v) is 6.91. The number of ether oxygens (including phenoxy) is 1. The fourth-order valence-electron chi connectivity index (χ4n) is 3.68. The van der Waals surface area contributed by atoms with Crippen LogP contribution in [-0.2, 0) is 0 Å². The topological polar surface area (TPSA) is 12.5 Å². The first-order chi connectivity index (χ1) is 14.1. The standard InChI is InChI=1S/C25H32BrNOS/c1-4-5-6-15-27(3)16-7-8-17-28-22-13-14-23-24(18-22)29-19(2)25(23)20-9-11-21(26)12-10-20/h9-14,18H,4-8,15-17H2,1-3H3. The van der Waals surface area contributed by atoms with E-state index in [9.17, 15) is 0 Å². The minimum absolute atomic E-state index is 0.790. The zero-order valence-corrected chi connectivity index (χ0v) is 20.2. The molecule has 0 unspecified atom stereocenters. The van der Waals surface area contributed by atoms with Crippen molar-refractivity contribution in [3.8, 4) is 16.9 Å². The summed E-state index contributed by atoms with van der Waals surface area (Å²) in [5.74, 6) is 0.984. The number of rotatable bonds is 11. The van der Waals surface area contributed by atoms with Gasteiger partial charge in [-0.2, -0.15) is 0 Å². The summed E-state index contributed by atoms with van der Waals surface area (Å²) in [4.78, 5) is 3.80. The number of hydrogen-bond acceptors (Lipinski definition) is 3. The lowest BCUT2D eigenvalue weighted by Gasteiger charge is -2.16. The van der Waals surface area contributed by atoms with Gasteiger partial charge in [0.15, 0.2) is 0 Å². The molecule has 0 radical (unpaired) electrons. The molecule has 0 atom stereocenters. The van der Waals surface area contributed by atoms with E-state index in [2.05, 4.69) is 84.2 Å². The summed E-state index contributed by atoms with van der Waals surface area (Å²) in [5.41, 5.74) is 2.61. The molecular weight excluding hydrogens is 442 g/mol. The van der Waals surface area contributed by atoms with Gasteiger partial charge in [-0.3, -0.25) is 0 Å². The largest absolute Gasteiger partial charge is 0.494 e. The predicted octanol–water partition coefficient (Wildman–Crippen LogP) is 7.92. The second-order valence-corrected chi connectivity index (χ2v) is 9.94. The molecule has 0 bridgehead atoms. The molecule has 4 heteroatoms. The maximum atomic E-state index is 6.05. The maximum Gasteiger partial charge on any atom is 0.120 e. The average molecular weight is 475 g/mol. The number of benzene rings is 2. The number of unbranched alkanes of at least 4 members (excludes halogenated alkanes) is 3. The summed E-state index contributed by atoms with van der Waals surface area (Å²) in [6.07, 6.45) is 6.23. The maximum absolute atomic E-state index is 6.05. The number of fused-ring (bicyclic) bond motifs is 1. The summed E-state index contributed by atoms with van der Waals surface area (Å²) in [6.45, 7) is 7.63. The monoisotopic (exact) mass is 473 g/mol. The number of nitrogens with zero attached hydrogens (tertiary/aromatic N) is 1. The van der Waals surface area contributed by atoms with Gasteiger partial charge in [-0.1, -0.05) is 47.8 Å². The molecule has 0 N–H and O–H groups in total. The van der Waals surface area contributed by atoms with E-state index in [0.29, 0.717) is 0 Å². The number of aryl methyl sites for hydroxylation is 1. The SMILES string of the molecule is CCCCCN(C)CCCCOc1ccc2c(-c3ccc(Br)cc3)c(C)sc2c1. The number of hydrogen-bond donors (Lipinski definition) is 0. The first-order valence-electron chi connectivity index (χ1n) is 10.7. The molecule has 3 rings (SSSR count). The Morgan fingerprint density at radius 1 is 0.966 bits per heavy atom. The third kappa shape index (κ3) is 6.31. The van der Waals surface area contributed by atoms with Gasteiger partial charge < -0.3 is 9.64 Å². The van der Waals surface area contributed by atoms with Crippen molar-refractivity contribution in [3.05, 3.63) is 51.8 Å². The molecular formula is C25H32BrNOS. The average Bonchev–Trinajstić information content (AvgIpc) is 3.03. The lowest BCUT2D eigenvalue weighted by molar-refractivity contribution is 0.276. The van der Waals surface area contributed by atoms with Gasteiger partial charge in [0.2, 0.25) is 0 Å². The zero-order valence-electron chi connectivity index (χ0n) is 17.8. The summed E-state index contributed by atoms with van der Waals surface area (Å²) >= 11 is 5.38. The van der Waals surface area contributed by atoms with E-state index in [1.165, 1.54) is 58.3 Å². The molecule has 29 heavy (non-hydrogen) atoms.